The third-order valence-electron chi connectivity index (χ3n) is 4.19. The summed E-state index contributed by atoms with van der Waals surface area (Å²) in [7, 11) is 3.74. The van der Waals surface area contributed by atoms with Gasteiger partial charge in [0.1, 0.15) is 11.6 Å². The first-order valence-electron chi connectivity index (χ1n) is 8.21. The van der Waals surface area contributed by atoms with E-state index in [1.807, 2.05) is 25.1 Å². The molecule has 0 saturated heterocycles. The van der Waals surface area contributed by atoms with Gasteiger partial charge in [-0.3, -0.25) is 9.59 Å². The number of nitrogens with one attached hydrogen (secondary N) is 2. The first-order valence-corrected chi connectivity index (χ1v) is 8.21. The molecule has 0 spiro atoms. The maximum absolute atomic E-state index is 13.5. The molecule has 2 aromatic carbocycles. The predicted molar refractivity (Wildman–Crippen MR) is 95.7 cm³/mol. The molecule has 0 saturated carbocycles. The molecule has 1 heterocycles. The number of amides is 2. The molecule has 7 heteroatoms. The summed E-state index contributed by atoms with van der Waals surface area (Å²) in [5.74, 6) is -0.337. The van der Waals surface area contributed by atoms with Crippen molar-refractivity contribution in [3.63, 3.8) is 0 Å². The zero-order chi connectivity index (χ0) is 18.7. The molecule has 0 fully saturated rings. The van der Waals surface area contributed by atoms with Gasteiger partial charge in [0.2, 0.25) is 0 Å². The van der Waals surface area contributed by atoms with Gasteiger partial charge in [0.25, 0.3) is 11.8 Å². The molecule has 2 aromatic rings. The van der Waals surface area contributed by atoms with Gasteiger partial charge in [-0.1, -0.05) is 12.1 Å². The van der Waals surface area contributed by atoms with Crippen molar-refractivity contribution in [3.05, 3.63) is 59.4 Å². The van der Waals surface area contributed by atoms with Gasteiger partial charge in [-0.15, -0.1) is 0 Å². The number of nitrogens with zero attached hydrogens (tertiary/aromatic N) is 1. The minimum absolute atomic E-state index is 0.0691. The molecule has 0 aliphatic carbocycles. The van der Waals surface area contributed by atoms with Crippen LogP contribution in [-0.4, -0.2) is 44.0 Å². The molecule has 1 atom stereocenters. The first-order chi connectivity index (χ1) is 12.4. The molecule has 0 radical (unpaired) electrons. The van der Waals surface area contributed by atoms with Crippen molar-refractivity contribution in [1.82, 2.24) is 10.2 Å². The van der Waals surface area contributed by atoms with Crippen LogP contribution in [0.5, 0.6) is 5.75 Å². The van der Waals surface area contributed by atoms with Gasteiger partial charge in [0.05, 0.1) is 11.7 Å². The number of ether oxygens (including phenoxy) is 1. The van der Waals surface area contributed by atoms with Crippen LogP contribution in [0.2, 0.25) is 0 Å². The number of hydrogen-bond donors (Lipinski definition) is 2. The van der Waals surface area contributed by atoms with E-state index in [4.69, 9.17) is 4.74 Å². The van der Waals surface area contributed by atoms with Crippen LogP contribution < -0.4 is 15.4 Å². The molecule has 0 aromatic heterocycles. The Morgan fingerprint density at radius 2 is 2.12 bits per heavy atom. The summed E-state index contributed by atoms with van der Waals surface area (Å²) in [6.45, 7) is 0.254. The average Bonchev–Trinajstić information content (AvgIpc) is 2.61. The van der Waals surface area contributed by atoms with E-state index in [0.29, 0.717) is 23.5 Å². The Kier molecular flexibility index (Phi) is 5.18. The number of benzene rings is 2. The Balaban J connectivity index is 1.70. The highest BCUT2D eigenvalue weighted by atomic mass is 19.1. The molecule has 26 heavy (non-hydrogen) atoms. The van der Waals surface area contributed by atoms with Crippen LogP contribution in [0.25, 0.3) is 0 Å². The number of carbonyl (C=O) groups is 2. The largest absolute Gasteiger partial charge is 0.482 e. The van der Waals surface area contributed by atoms with Crippen molar-refractivity contribution < 1.29 is 18.7 Å². The molecular formula is C19H20FN3O3. The van der Waals surface area contributed by atoms with Crippen molar-refractivity contribution in [3.8, 4) is 5.75 Å². The normalized spacial score (nSPS) is 14.2. The van der Waals surface area contributed by atoms with Gasteiger partial charge in [-0.25, -0.2) is 4.39 Å². The number of anilines is 1. The van der Waals surface area contributed by atoms with Gasteiger partial charge in [-0.2, -0.15) is 0 Å². The molecule has 1 aliphatic heterocycles. The summed E-state index contributed by atoms with van der Waals surface area (Å²) in [5, 5.41) is 5.55. The van der Waals surface area contributed by atoms with E-state index in [2.05, 4.69) is 10.6 Å². The average molecular weight is 357 g/mol. The fourth-order valence-corrected chi connectivity index (χ4v) is 2.82. The molecule has 6 nitrogen and oxygen atoms in total. The fourth-order valence-electron chi connectivity index (χ4n) is 2.82. The number of likely N-dealkylation sites (N-methyl/N-ethyl adjacent to an activating group) is 1. The summed E-state index contributed by atoms with van der Waals surface area (Å²) in [4.78, 5) is 25.7. The fraction of sp³-hybridized carbons (Fsp3) is 0.263. The van der Waals surface area contributed by atoms with Crippen molar-refractivity contribution in [2.45, 2.75) is 6.04 Å². The second-order valence-electron chi connectivity index (χ2n) is 6.29. The molecule has 3 rings (SSSR count). The van der Waals surface area contributed by atoms with E-state index >= 15 is 0 Å². The smallest absolute Gasteiger partial charge is 0.262 e. The highest BCUT2D eigenvalue weighted by Gasteiger charge is 2.19. The van der Waals surface area contributed by atoms with Crippen molar-refractivity contribution in [1.29, 1.82) is 0 Å². The molecular weight excluding hydrogens is 337 g/mol. The topological polar surface area (TPSA) is 70.7 Å². The lowest BCUT2D eigenvalue weighted by molar-refractivity contribution is -0.118. The maximum atomic E-state index is 13.5. The monoisotopic (exact) mass is 357 g/mol. The zero-order valence-corrected chi connectivity index (χ0v) is 14.6. The lowest BCUT2D eigenvalue weighted by atomic mass is 10.1. The van der Waals surface area contributed by atoms with Crippen LogP contribution in [0, 0.1) is 5.82 Å². The predicted octanol–water partition coefficient (Wildman–Crippen LogP) is 2.19. The van der Waals surface area contributed by atoms with E-state index < -0.39 is 0 Å². The lowest BCUT2D eigenvalue weighted by Crippen LogP contribution is -2.34. The highest BCUT2D eigenvalue weighted by Crippen LogP contribution is 2.28. The Morgan fingerprint density at radius 1 is 1.31 bits per heavy atom. The molecule has 136 valence electrons. The van der Waals surface area contributed by atoms with Crippen LogP contribution >= 0.6 is 0 Å². The van der Waals surface area contributed by atoms with Gasteiger partial charge in [0.15, 0.2) is 6.61 Å². The highest BCUT2D eigenvalue weighted by molar-refractivity contribution is 5.99. The number of hydrogen-bond acceptors (Lipinski definition) is 4. The van der Waals surface area contributed by atoms with Gasteiger partial charge >= 0.3 is 0 Å². The lowest BCUT2D eigenvalue weighted by Gasteiger charge is -2.25. The quantitative estimate of drug-likeness (QED) is 0.861. The summed E-state index contributed by atoms with van der Waals surface area (Å²) in [6, 6.07) is 11.0. The number of rotatable bonds is 5. The van der Waals surface area contributed by atoms with Gasteiger partial charge in [0, 0.05) is 12.1 Å². The van der Waals surface area contributed by atoms with E-state index in [9.17, 15) is 14.0 Å². The van der Waals surface area contributed by atoms with Crippen LogP contribution in [0.15, 0.2) is 42.5 Å². The van der Waals surface area contributed by atoms with E-state index in [-0.39, 0.29) is 30.3 Å². The molecule has 0 bridgehead atoms. The first kappa shape index (κ1) is 17.9. The molecule has 0 unspecified atom stereocenters. The Hall–Kier alpha value is -2.93. The molecule has 2 N–H and O–H groups in total. The SMILES string of the molecule is CN(C)[C@@H](CNC(=O)c1ccc2c(c1)OCC(=O)N2)c1cccc(F)c1. The maximum Gasteiger partial charge on any atom is 0.262 e. The van der Waals surface area contributed by atoms with Crippen LogP contribution in [0.1, 0.15) is 22.0 Å². The summed E-state index contributed by atoms with van der Waals surface area (Å²) in [6.07, 6.45) is 0. The van der Waals surface area contributed by atoms with Gasteiger partial charge < -0.3 is 20.3 Å². The Morgan fingerprint density at radius 3 is 2.85 bits per heavy atom. The van der Waals surface area contributed by atoms with Crippen molar-refractivity contribution in [2.24, 2.45) is 0 Å². The summed E-state index contributed by atoms with van der Waals surface area (Å²) >= 11 is 0. The second-order valence-corrected chi connectivity index (χ2v) is 6.29. The molecule has 2 amide bonds. The second kappa shape index (κ2) is 7.53. The van der Waals surface area contributed by atoms with E-state index in [1.54, 1.807) is 24.3 Å². The van der Waals surface area contributed by atoms with Crippen LogP contribution in [-0.2, 0) is 4.79 Å². The van der Waals surface area contributed by atoms with Crippen molar-refractivity contribution in [2.75, 3.05) is 32.6 Å². The van der Waals surface area contributed by atoms with Crippen LogP contribution in [0.4, 0.5) is 10.1 Å². The minimum atomic E-state index is -0.311. The standard InChI is InChI=1S/C19H20FN3O3/c1-23(2)16(12-4-3-5-14(20)8-12)10-21-19(25)13-6-7-15-17(9-13)26-11-18(24)22-15/h3-9,16H,10-11H2,1-2H3,(H,21,25)(H,22,24)/t16-/m0/s1. The number of carbonyl (C=O) groups excluding carboxylic acids is 2. The zero-order valence-electron chi connectivity index (χ0n) is 14.6. The third-order valence-corrected chi connectivity index (χ3v) is 4.19. The number of fused-ring (bicyclic) bond motifs is 1. The summed E-state index contributed by atoms with van der Waals surface area (Å²) in [5.41, 5.74) is 1.76. The molecule has 1 aliphatic rings. The minimum Gasteiger partial charge on any atom is -0.482 e. The third kappa shape index (κ3) is 4.00. The summed E-state index contributed by atoms with van der Waals surface area (Å²) < 4.78 is 18.8. The van der Waals surface area contributed by atoms with Gasteiger partial charge in [-0.05, 0) is 50.0 Å². The van der Waals surface area contributed by atoms with Crippen LogP contribution in [0.3, 0.4) is 0 Å². The number of halogens is 1. The van der Waals surface area contributed by atoms with E-state index in [0.717, 1.165) is 5.56 Å². The Bertz CT molecular complexity index is 839. The Labute approximate surface area is 150 Å². The van der Waals surface area contributed by atoms with Crippen molar-refractivity contribution >= 4 is 17.5 Å². The van der Waals surface area contributed by atoms with E-state index in [1.165, 1.54) is 12.1 Å².